The van der Waals surface area contributed by atoms with Gasteiger partial charge in [-0.2, -0.15) is 0 Å². The molecule has 11 heteroatoms. The van der Waals surface area contributed by atoms with Crippen molar-refractivity contribution in [3.63, 3.8) is 0 Å². The lowest BCUT2D eigenvalue weighted by Crippen LogP contribution is -2.43. The predicted molar refractivity (Wildman–Crippen MR) is 125 cm³/mol. The van der Waals surface area contributed by atoms with Crippen molar-refractivity contribution in [1.29, 1.82) is 0 Å². The summed E-state index contributed by atoms with van der Waals surface area (Å²) in [7, 11) is -2.64. The van der Waals surface area contributed by atoms with Crippen LogP contribution in [0.1, 0.15) is 24.0 Å². The van der Waals surface area contributed by atoms with Crippen LogP contribution in [0.2, 0.25) is 0 Å². The first-order chi connectivity index (χ1) is 16.0. The van der Waals surface area contributed by atoms with Gasteiger partial charge in [0.05, 0.1) is 31.0 Å². The molecule has 6 atom stereocenters. The number of carbonyl (C=O) groups excluding carboxylic acids is 2. The van der Waals surface area contributed by atoms with E-state index in [0.29, 0.717) is 28.7 Å². The first kappa shape index (κ1) is 26.1. The van der Waals surface area contributed by atoms with Crippen molar-refractivity contribution in [3.05, 3.63) is 47.6 Å². The molecule has 186 valence electrons. The quantitative estimate of drug-likeness (QED) is 0.122. The molecule has 4 N–H and O–H groups in total. The number of cyclic esters (lactones) is 1. The third-order valence-corrected chi connectivity index (χ3v) is 8.05. The largest absolute Gasteiger partial charge is 0.496 e. The van der Waals surface area contributed by atoms with E-state index in [2.05, 4.69) is 23.6 Å². The summed E-state index contributed by atoms with van der Waals surface area (Å²) in [5, 5.41) is 14.9. The Bertz CT molecular complexity index is 1040. The van der Waals surface area contributed by atoms with Gasteiger partial charge < -0.3 is 29.5 Å². The van der Waals surface area contributed by atoms with Crippen LogP contribution >= 0.6 is 7.52 Å². The molecule has 1 amide bonds. The molecule has 1 aliphatic carbocycles. The Labute approximate surface area is 198 Å². The fourth-order valence-electron chi connectivity index (χ4n) is 4.79. The smallest absolute Gasteiger partial charge is 0.310 e. The maximum absolute atomic E-state index is 13.1. The first-order valence-corrected chi connectivity index (χ1v) is 12.5. The normalized spacial score (nSPS) is 26.9. The molecule has 3 rings (SSSR count). The van der Waals surface area contributed by atoms with Crippen LogP contribution in [-0.4, -0.2) is 61.6 Å². The summed E-state index contributed by atoms with van der Waals surface area (Å²) < 4.78 is 29.5. The first-order valence-electron chi connectivity index (χ1n) is 10.9. The standard InChI is InChI=1S/C23H31N2O8P/c1-12-8-16(9-18(31-5)22(12)34(29,30)25-7-6-24-11-26)19-13(2)14(3)21(33-15(4)27)17-10-32-23(28)20(17)19/h8-9,11,15,17,19-21,27H,2-3,6-7,10H2,1,4-5H3,(H,24,26)(H2,25,29,30). The van der Waals surface area contributed by atoms with Crippen LogP contribution in [0, 0.1) is 18.8 Å². The zero-order valence-electron chi connectivity index (χ0n) is 19.4. The van der Waals surface area contributed by atoms with Crippen LogP contribution in [0.3, 0.4) is 0 Å². The third-order valence-electron chi connectivity index (χ3n) is 6.22. The average Bonchev–Trinajstić information content (AvgIpc) is 3.14. The van der Waals surface area contributed by atoms with Crippen LogP contribution in [0.15, 0.2) is 36.4 Å². The highest BCUT2D eigenvalue weighted by atomic mass is 31.2. The molecule has 6 unspecified atom stereocenters. The number of aryl methyl sites for hydroxylation is 1. The minimum Gasteiger partial charge on any atom is -0.496 e. The number of ether oxygens (including phenoxy) is 3. The highest BCUT2D eigenvalue weighted by Crippen LogP contribution is 2.51. The van der Waals surface area contributed by atoms with E-state index in [1.807, 2.05) is 0 Å². The molecule has 34 heavy (non-hydrogen) atoms. The summed E-state index contributed by atoms with van der Waals surface area (Å²) in [6, 6.07) is 3.35. The van der Waals surface area contributed by atoms with Gasteiger partial charge in [-0.15, -0.1) is 0 Å². The van der Waals surface area contributed by atoms with Gasteiger partial charge in [0.25, 0.3) is 0 Å². The average molecular weight is 494 g/mol. The Morgan fingerprint density at radius 2 is 2.03 bits per heavy atom. The molecule has 1 aliphatic heterocycles. The summed E-state index contributed by atoms with van der Waals surface area (Å²) >= 11 is 0. The van der Waals surface area contributed by atoms with E-state index < -0.39 is 37.7 Å². The van der Waals surface area contributed by atoms with Gasteiger partial charge in [-0.25, -0.2) is 5.09 Å². The van der Waals surface area contributed by atoms with Gasteiger partial charge in [0.1, 0.15) is 5.75 Å². The Balaban J connectivity index is 2.01. The monoisotopic (exact) mass is 494 g/mol. The van der Waals surface area contributed by atoms with E-state index in [4.69, 9.17) is 14.2 Å². The Morgan fingerprint density at radius 3 is 2.65 bits per heavy atom. The van der Waals surface area contributed by atoms with Crippen molar-refractivity contribution in [2.75, 3.05) is 26.8 Å². The zero-order chi connectivity index (χ0) is 25.2. The molecular formula is C23H31N2O8P. The number of hydrogen-bond acceptors (Lipinski definition) is 7. The number of benzene rings is 1. The summed E-state index contributed by atoms with van der Waals surface area (Å²) in [6.07, 6.45) is -1.17. The number of carbonyl (C=O) groups is 2. The maximum atomic E-state index is 13.1. The maximum Gasteiger partial charge on any atom is 0.310 e. The van der Waals surface area contributed by atoms with Gasteiger partial charge >= 0.3 is 13.5 Å². The van der Waals surface area contributed by atoms with Gasteiger partial charge in [-0.05, 0) is 42.2 Å². The molecule has 1 aromatic rings. The second kappa shape index (κ2) is 10.4. The number of amides is 1. The highest BCUT2D eigenvalue weighted by molar-refractivity contribution is 7.64. The SMILES string of the molecule is C=C1C(=C)C(c2cc(C)c(P(=O)(O)NCCNC=O)c(OC)c2)C2C(=O)OCC2C1OC(C)O. The third kappa shape index (κ3) is 4.96. The number of hydrogen-bond donors (Lipinski definition) is 4. The number of aliphatic hydroxyl groups is 1. The van der Waals surface area contributed by atoms with E-state index in [-0.39, 0.29) is 36.7 Å². The van der Waals surface area contributed by atoms with Gasteiger partial charge in [0, 0.05) is 24.9 Å². The minimum absolute atomic E-state index is 0.0797. The molecule has 1 aromatic carbocycles. The Hall–Kier alpha value is -2.49. The van der Waals surface area contributed by atoms with Crippen LogP contribution in [0.4, 0.5) is 0 Å². The highest BCUT2D eigenvalue weighted by Gasteiger charge is 2.53. The Morgan fingerprint density at radius 1 is 1.32 bits per heavy atom. The summed E-state index contributed by atoms with van der Waals surface area (Å²) in [5.41, 5.74) is 2.27. The molecule has 2 fully saturated rings. The van der Waals surface area contributed by atoms with Crippen molar-refractivity contribution in [2.24, 2.45) is 11.8 Å². The fourth-order valence-corrected chi connectivity index (χ4v) is 6.36. The molecule has 0 radical (unpaired) electrons. The van der Waals surface area contributed by atoms with E-state index in [0.717, 1.165) is 0 Å². The molecule has 0 aromatic heterocycles. The number of aliphatic hydroxyl groups excluding tert-OH is 1. The summed E-state index contributed by atoms with van der Waals surface area (Å²) in [5.74, 6) is -1.72. The van der Waals surface area contributed by atoms with Gasteiger partial charge in [-0.3, -0.25) is 14.2 Å². The van der Waals surface area contributed by atoms with Crippen molar-refractivity contribution in [1.82, 2.24) is 10.4 Å². The van der Waals surface area contributed by atoms with Crippen LogP contribution in [0.25, 0.3) is 0 Å². The second-order valence-electron chi connectivity index (χ2n) is 8.45. The fraction of sp³-hybridized carbons (Fsp3) is 0.478. The molecule has 0 spiro atoms. The topological polar surface area (TPSA) is 143 Å². The van der Waals surface area contributed by atoms with Crippen molar-refractivity contribution in [2.45, 2.75) is 32.2 Å². The molecule has 0 bridgehead atoms. The predicted octanol–water partition coefficient (Wildman–Crippen LogP) is 0.872. The second-order valence-corrected chi connectivity index (χ2v) is 10.4. The number of rotatable bonds is 10. The van der Waals surface area contributed by atoms with Crippen molar-refractivity contribution < 1.29 is 38.4 Å². The van der Waals surface area contributed by atoms with Gasteiger partial charge in [-0.1, -0.05) is 19.2 Å². The number of fused-ring (bicyclic) bond motifs is 1. The lowest BCUT2D eigenvalue weighted by Gasteiger charge is -2.40. The summed E-state index contributed by atoms with van der Waals surface area (Å²) in [6.45, 7) is 11.8. The number of esters is 1. The van der Waals surface area contributed by atoms with Crippen molar-refractivity contribution in [3.8, 4) is 5.75 Å². The van der Waals surface area contributed by atoms with Crippen LogP contribution < -0.4 is 20.4 Å². The molecule has 1 saturated carbocycles. The van der Waals surface area contributed by atoms with E-state index in [1.54, 1.807) is 19.1 Å². The van der Waals surface area contributed by atoms with E-state index in [9.17, 15) is 24.2 Å². The van der Waals surface area contributed by atoms with Crippen molar-refractivity contribution >= 4 is 25.2 Å². The molecule has 1 heterocycles. The van der Waals surface area contributed by atoms with Gasteiger partial charge in [0.2, 0.25) is 6.41 Å². The van der Waals surface area contributed by atoms with Gasteiger partial charge in [0.15, 0.2) is 6.29 Å². The molecule has 10 nitrogen and oxygen atoms in total. The lowest BCUT2D eigenvalue weighted by atomic mass is 9.65. The molecular weight excluding hydrogens is 463 g/mol. The molecule has 2 aliphatic rings. The zero-order valence-corrected chi connectivity index (χ0v) is 20.3. The van der Waals surface area contributed by atoms with Crippen LogP contribution in [0.5, 0.6) is 5.75 Å². The van der Waals surface area contributed by atoms with Crippen LogP contribution in [-0.2, 0) is 23.6 Å². The van der Waals surface area contributed by atoms with E-state index >= 15 is 0 Å². The molecule has 1 saturated heterocycles. The lowest BCUT2D eigenvalue weighted by molar-refractivity contribution is -0.144. The number of nitrogens with one attached hydrogen (secondary N) is 2. The van der Waals surface area contributed by atoms with E-state index in [1.165, 1.54) is 14.0 Å². The number of methoxy groups -OCH3 is 1. The minimum atomic E-state index is -4.03. The summed E-state index contributed by atoms with van der Waals surface area (Å²) in [4.78, 5) is 33.8. The Kier molecular flexibility index (Phi) is 8.00.